The summed E-state index contributed by atoms with van der Waals surface area (Å²) in [7, 11) is 0. The van der Waals surface area contributed by atoms with Gasteiger partial charge in [0.15, 0.2) is 0 Å². The van der Waals surface area contributed by atoms with Gasteiger partial charge in [0.25, 0.3) is 5.92 Å². The smallest absolute Gasteiger partial charge is 0.354 e. The summed E-state index contributed by atoms with van der Waals surface area (Å²) < 4.78 is 39.3. The molecule has 0 fully saturated rings. The van der Waals surface area contributed by atoms with Crippen LogP contribution in [-0.2, 0) is 16.0 Å². The first-order chi connectivity index (χ1) is 12.8. The first kappa shape index (κ1) is 20.2. The number of aromatic nitrogens is 1. The molecular weight excluding hydrogens is 362 g/mol. The average molecular weight is 380 g/mol. The van der Waals surface area contributed by atoms with Crippen LogP contribution in [0.3, 0.4) is 0 Å². The molecule has 0 saturated heterocycles. The van der Waals surface area contributed by atoms with Crippen molar-refractivity contribution in [3.8, 4) is 0 Å². The third kappa shape index (κ3) is 4.73. The Hall–Kier alpha value is -3.13. The number of hydrogen-bond donors (Lipinski definition) is 0. The molecule has 0 aliphatic carbocycles. The standard InChI is InChI=1S/C17H18F2N4O4/c1-3-26-15(24)12-6-5-11-7-14(16(25)27-4-2)23(13(11)8-12)10-17(18,19)9-21-22-20/h5-8H,3-4,9-10H2,1-2H3. The second-order valence-electron chi connectivity index (χ2n) is 5.58. The van der Waals surface area contributed by atoms with Gasteiger partial charge < -0.3 is 14.0 Å². The lowest BCUT2D eigenvalue weighted by atomic mass is 10.1. The van der Waals surface area contributed by atoms with E-state index in [1.165, 1.54) is 24.3 Å². The molecule has 0 radical (unpaired) electrons. The molecule has 0 N–H and O–H groups in total. The fraction of sp³-hybridized carbons (Fsp3) is 0.412. The number of carbonyl (C=O) groups is 2. The lowest BCUT2D eigenvalue weighted by Gasteiger charge is -2.17. The molecule has 0 aliphatic rings. The second kappa shape index (κ2) is 8.50. The van der Waals surface area contributed by atoms with E-state index in [0.29, 0.717) is 5.39 Å². The van der Waals surface area contributed by atoms with Gasteiger partial charge in [-0.05, 0) is 37.6 Å². The van der Waals surface area contributed by atoms with E-state index in [1.54, 1.807) is 13.8 Å². The maximum absolute atomic E-state index is 14.2. The van der Waals surface area contributed by atoms with Crippen molar-refractivity contribution in [2.75, 3.05) is 19.8 Å². The topological polar surface area (TPSA) is 106 Å². The van der Waals surface area contributed by atoms with Gasteiger partial charge in [-0.15, -0.1) is 0 Å². The lowest BCUT2D eigenvalue weighted by Crippen LogP contribution is -2.29. The van der Waals surface area contributed by atoms with E-state index in [1.807, 2.05) is 0 Å². The molecule has 0 unspecified atom stereocenters. The third-order valence-corrected chi connectivity index (χ3v) is 3.65. The largest absolute Gasteiger partial charge is 0.462 e. The van der Waals surface area contributed by atoms with Crippen molar-refractivity contribution < 1.29 is 27.8 Å². The number of rotatable bonds is 8. The van der Waals surface area contributed by atoms with Crippen LogP contribution >= 0.6 is 0 Å². The van der Waals surface area contributed by atoms with Crippen LogP contribution in [-0.4, -0.2) is 42.2 Å². The summed E-state index contributed by atoms with van der Waals surface area (Å²) in [5.74, 6) is -4.78. The molecule has 144 valence electrons. The predicted molar refractivity (Wildman–Crippen MR) is 92.8 cm³/mol. The molecule has 0 aliphatic heterocycles. The monoisotopic (exact) mass is 380 g/mol. The number of ether oxygens (including phenoxy) is 2. The molecule has 8 nitrogen and oxygen atoms in total. The van der Waals surface area contributed by atoms with Crippen molar-refractivity contribution in [3.05, 3.63) is 46.0 Å². The Kier molecular flexibility index (Phi) is 6.36. The molecule has 2 rings (SSSR count). The predicted octanol–water partition coefficient (Wildman–Crippen LogP) is 3.94. The number of alkyl halides is 2. The fourth-order valence-corrected chi connectivity index (χ4v) is 2.56. The molecule has 0 saturated carbocycles. The maximum Gasteiger partial charge on any atom is 0.354 e. The van der Waals surface area contributed by atoms with Crippen LogP contribution in [0.2, 0.25) is 0 Å². The van der Waals surface area contributed by atoms with E-state index in [2.05, 4.69) is 10.0 Å². The summed E-state index contributed by atoms with van der Waals surface area (Å²) in [6.07, 6.45) is 0. The van der Waals surface area contributed by atoms with Gasteiger partial charge in [-0.25, -0.2) is 18.4 Å². The van der Waals surface area contributed by atoms with Gasteiger partial charge in [0.2, 0.25) is 0 Å². The highest BCUT2D eigenvalue weighted by Crippen LogP contribution is 2.27. The summed E-state index contributed by atoms with van der Waals surface area (Å²) in [6, 6.07) is 5.80. The number of azide groups is 1. The Balaban J connectivity index is 2.57. The van der Waals surface area contributed by atoms with Crippen LogP contribution in [0.4, 0.5) is 8.78 Å². The highest BCUT2D eigenvalue weighted by molar-refractivity contribution is 5.99. The first-order valence-corrected chi connectivity index (χ1v) is 8.19. The van der Waals surface area contributed by atoms with E-state index >= 15 is 0 Å². The van der Waals surface area contributed by atoms with Gasteiger partial charge in [0.05, 0.1) is 31.9 Å². The first-order valence-electron chi connectivity index (χ1n) is 8.19. The Bertz CT molecular complexity index is 904. The zero-order valence-electron chi connectivity index (χ0n) is 14.8. The summed E-state index contributed by atoms with van der Waals surface area (Å²) in [4.78, 5) is 26.5. The van der Waals surface area contributed by atoms with Gasteiger partial charge in [0, 0.05) is 15.8 Å². The van der Waals surface area contributed by atoms with Crippen LogP contribution in [0, 0.1) is 0 Å². The van der Waals surface area contributed by atoms with Crippen LogP contribution in [0.5, 0.6) is 0 Å². The number of hydrogen-bond acceptors (Lipinski definition) is 5. The second-order valence-corrected chi connectivity index (χ2v) is 5.58. The van der Waals surface area contributed by atoms with Gasteiger partial charge >= 0.3 is 11.9 Å². The van der Waals surface area contributed by atoms with Crippen LogP contribution in [0.1, 0.15) is 34.7 Å². The quantitative estimate of drug-likeness (QED) is 0.299. The molecule has 1 heterocycles. The normalized spacial score (nSPS) is 11.1. The molecule has 0 spiro atoms. The fourth-order valence-electron chi connectivity index (χ4n) is 2.56. The number of nitrogens with zero attached hydrogens (tertiary/aromatic N) is 4. The van der Waals surface area contributed by atoms with E-state index in [9.17, 15) is 18.4 Å². The minimum atomic E-state index is -3.40. The van der Waals surface area contributed by atoms with Gasteiger partial charge in [0.1, 0.15) is 5.69 Å². The van der Waals surface area contributed by atoms with E-state index in [4.69, 9.17) is 15.0 Å². The number of carbonyl (C=O) groups excluding carboxylic acids is 2. The van der Waals surface area contributed by atoms with E-state index in [-0.39, 0.29) is 30.0 Å². The van der Waals surface area contributed by atoms with Crippen molar-refractivity contribution in [1.82, 2.24) is 4.57 Å². The Morgan fingerprint density at radius 2 is 1.85 bits per heavy atom. The van der Waals surface area contributed by atoms with Crippen molar-refractivity contribution >= 4 is 22.8 Å². The Labute approximate surface area is 153 Å². The number of esters is 2. The number of benzene rings is 1. The van der Waals surface area contributed by atoms with Crippen molar-refractivity contribution in [1.29, 1.82) is 0 Å². The zero-order valence-corrected chi connectivity index (χ0v) is 14.8. The lowest BCUT2D eigenvalue weighted by molar-refractivity contribution is -0.00635. The molecule has 0 bridgehead atoms. The molecule has 10 heteroatoms. The van der Waals surface area contributed by atoms with Crippen LogP contribution in [0.25, 0.3) is 21.3 Å². The average Bonchev–Trinajstić information content (AvgIpc) is 2.98. The Morgan fingerprint density at radius 3 is 2.48 bits per heavy atom. The van der Waals surface area contributed by atoms with Crippen molar-refractivity contribution in [2.45, 2.75) is 26.3 Å². The van der Waals surface area contributed by atoms with Crippen LogP contribution < -0.4 is 0 Å². The van der Waals surface area contributed by atoms with Gasteiger partial charge in [-0.3, -0.25) is 0 Å². The molecule has 1 aromatic carbocycles. The number of fused-ring (bicyclic) bond motifs is 1. The molecular formula is C17H18F2N4O4. The highest BCUT2D eigenvalue weighted by Gasteiger charge is 2.32. The summed E-state index contributed by atoms with van der Waals surface area (Å²) in [5.41, 5.74) is 8.60. The minimum Gasteiger partial charge on any atom is -0.462 e. The van der Waals surface area contributed by atoms with Gasteiger partial charge in [-0.2, -0.15) is 0 Å². The van der Waals surface area contributed by atoms with Crippen LogP contribution in [0.15, 0.2) is 29.4 Å². The third-order valence-electron chi connectivity index (χ3n) is 3.65. The van der Waals surface area contributed by atoms with E-state index in [0.717, 1.165) is 4.57 Å². The van der Waals surface area contributed by atoms with E-state index < -0.39 is 31.0 Å². The zero-order chi connectivity index (χ0) is 20.0. The van der Waals surface area contributed by atoms with Crippen molar-refractivity contribution in [2.24, 2.45) is 5.11 Å². The Morgan fingerprint density at radius 1 is 1.19 bits per heavy atom. The van der Waals surface area contributed by atoms with Gasteiger partial charge in [-0.1, -0.05) is 11.2 Å². The molecule has 1 aromatic heterocycles. The summed E-state index contributed by atoms with van der Waals surface area (Å²) in [5, 5.41) is 3.39. The minimum absolute atomic E-state index is 0.0730. The highest BCUT2D eigenvalue weighted by atomic mass is 19.3. The maximum atomic E-state index is 14.2. The number of halogens is 2. The SMILES string of the molecule is CCOC(=O)c1ccc2cc(C(=O)OCC)n(CC(F)(F)CN=[N+]=[N-])c2c1. The summed E-state index contributed by atoms with van der Waals surface area (Å²) >= 11 is 0. The molecule has 27 heavy (non-hydrogen) atoms. The molecule has 0 amide bonds. The molecule has 2 aromatic rings. The molecule has 0 atom stereocenters. The summed E-state index contributed by atoms with van der Waals surface area (Å²) in [6.45, 7) is 1.49. The van der Waals surface area contributed by atoms with Crippen molar-refractivity contribution in [3.63, 3.8) is 0 Å².